The molecule has 5 unspecified atom stereocenters. The van der Waals surface area contributed by atoms with Gasteiger partial charge in [0.2, 0.25) is 0 Å². The lowest BCUT2D eigenvalue weighted by Crippen LogP contribution is -2.46. The zero-order valence-corrected chi connectivity index (χ0v) is 19.2. The number of hydrogen-bond acceptors (Lipinski definition) is 1. The van der Waals surface area contributed by atoms with Gasteiger partial charge in [-0.2, -0.15) is 0 Å². The predicted molar refractivity (Wildman–Crippen MR) is 125 cm³/mol. The first-order chi connectivity index (χ1) is 14.5. The Kier molecular flexibility index (Phi) is 5.20. The Morgan fingerprint density at radius 2 is 1.77 bits per heavy atom. The van der Waals surface area contributed by atoms with Crippen molar-refractivity contribution in [3.63, 3.8) is 0 Å². The molecular formula is C29H38O. The zero-order chi connectivity index (χ0) is 20.9. The number of ether oxygens (including phenoxy) is 1. The average Bonchev–Trinajstić information content (AvgIpc) is 3.08. The van der Waals surface area contributed by atoms with Crippen LogP contribution in [0.2, 0.25) is 0 Å². The van der Waals surface area contributed by atoms with Gasteiger partial charge in [-0.15, -0.1) is 0 Å². The second-order valence-corrected chi connectivity index (χ2v) is 10.8. The minimum absolute atomic E-state index is 0.497. The number of hydrogen-bond donors (Lipinski definition) is 0. The summed E-state index contributed by atoms with van der Waals surface area (Å²) in [5.74, 6) is 5.82. The van der Waals surface area contributed by atoms with Gasteiger partial charge in [0.05, 0.1) is 6.61 Å². The van der Waals surface area contributed by atoms with Gasteiger partial charge >= 0.3 is 0 Å². The molecule has 5 rings (SSSR count). The van der Waals surface area contributed by atoms with E-state index >= 15 is 0 Å². The molecule has 0 spiro atoms. The van der Waals surface area contributed by atoms with E-state index in [0.717, 1.165) is 41.9 Å². The highest BCUT2D eigenvalue weighted by molar-refractivity contribution is 5.41. The predicted octanol–water partition coefficient (Wildman–Crippen LogP) is 7.74. The Morgan fingerprint density at radius 3 is 2.57 bits per heavy atom. The number of fused-ring (bicyclic) bond motifs is 5. The third kappa shape index (κ3) is 3.20. The van der Waals surface area contributed by atoms with Gasteiger partial charge in [-0.25, -0.2) is 0 Å². The first kappa shape index (κ1) is 20.2. The van der Waals surface area contributed by atoms with Crippen LogP contribution in [0.4, 0.5) is 0 Å². The molecule has 30 heavy (non-hydrogen) atoms. The number of benzene rings is 2. The summed E-state index contributed by atoms with van der Waals surface area (Å²) in [7, 11) is 0. The molecule has 2 saturated carbocycles. The van der Waals surface area contributed by atoms with Crippen molar-refractivity contribution in [2.45, 2.75) is 71.6 Å². The van der Waals surface area contributed by atoms with E-state index in [1.807, 2.05) is 0 Å². The van der Waals surface area contributed by atoms with E-state index in [1.165, 1.54) is 37.7 Å². The molecular weight excluding hydrogens is 364 g/mol. The standard InChI is InChI=1S/C29H38O/c1-19-10-12-24-25-14-16-29(4)22(15-17-30-23-8-6-5-7-9-23)11-13-27(29)28(25)21(3)20(2)26(24)18-19/h5-10,12,18,20-22,25,27-28H,11,13-17H2,1-4H3/t20?,21-,22-,25?,27?,28?,29?/m1/s1. The highest BCUT2D eigenvalue weighted by Gasteiger charge is 2.56. The molecule has 0 heterocycles. The maximum atomic E-state index is 6.10. The van der Waals surface area contributed by atoms with Crippen LogP contribution in [-0.2, 0) is 0 Å². The normalized spacial score (nSPS) is 37.2. The third-order valence-electron chi connectivity index (χ3n) is 9.54. The molecule has 1 heteroatoms. The summed E-state index contributed by atoms with van der Waals surface area (Å²) < 4.78 is 6.10. The van der Waals surface area contributed by atoms with E-state index in [1.54, 1.807) is 11.1 Å². The smallest absolute Gasteiger partial charge is 0.119 e. The molecule has 2 aromatic rings. The summed E-state index contributed by atoms with van der Waals surface area (Å²) in [6, 6.07) is 17.7. The highest BCUT2D eigenvalue weighted by Crippen LogP contribution is 2.66. The number of rotatable bonds is 4. The Labute approximate surface area is 183 Å². The topological polar surface area (TPSA) is 9.23 Å². The molecule has 160 valence electrons. The molecule has 3 aliphatic carbocycles. The van der Waals surface area contributed by atoms with Crippen molar-refractivity contribution >= 4 is 0 Å². The molecule has 0 radical (unpaired) electrons. The molecule has 0 saturated heterocycles. The summed E-state index contributed by atoms with van der Waals surface area (Å²) >= 11 is 0. The lowest BCUT2D eigenvalue weighted by atomic mass is 9.50. The molecule has 1 nitrogen and oxygen atoms in total. The van der Waals surface area contributed by atoms with Crippen LogP contribution in [-0.4, -0.2) is 6.61 Å². The van der Waals surface area contributed by atoms with Crippen molar-refractivity contribution in [1.29, 1.82) is 0 Å². The van der Waals surface area contributed by atoms with Crippen LogP contribution in [0.1, 0.15) is 81.4 Å². The first-order valence-electron chi connectivity index (χ1n) is 12.3. The van der Waals surface area contributed by atoms with Gasteiger partial charge in [0.1, 0.15) is 5.75 Å². The minimum atomic E-state index is 0.497. The van der Waals surface area contributed by atoms with E-state index in [0.29, 0.717) is 11.3 Å². The van der Waals surface area contributed by atoms with Crippen LogP contribution in [0.3, 0.4) is 0 Å². The summed E-state index contributed by atoms with van der Waals surface area (Å²) in [5, 5.41) is 0. The van der Waals surface area contributed by atoms with Crippen molar-refractivity contribution in [2.24, 2.45) is 29.1 Å². The molecule has 0 amide bonds. The first-order valence-corrected chi connectivity index (χ1v) is 12.3. The van der Waals surface area contributed by atoms with Crippen molar-refractivity contribution in [3.05, 3.63) is 65.2 Å². The monoisotopic (exact) mass is 402 g/mol. The highest BCUT2D eigenvalue weighted by atomic mass is 16.5. The third-order valence-corrected chi connectivity index (χ3v) is 9.54. The number of aryl methyl sites for hydroxylation is 1. The van der Waals surface area contributed by atoms with Crippen molar-refractivity contribution in [2.75, 3.05) is 6.61 Å². The van der Waals surface area contributed by atoms with Crippen LogP contribution in [0.25, 0.3) is 0 Å². The molecule has 0 aromatic heterocycles. The minimum Gasteiger partial charge on any atom is -0.494 e. The lowest BCUT2D eigenvalue weighted by molar-refractivity contribution is -0.00482. The van der Waals surface area contributed by atoms with E-state index in [9.17, 15) is 0 Å². The van der Waals surface area contributed by atoms with Gasteiger partial charge in [0, 0.05) is 0 Å². The Balaban J connectivity index is 1.34. The Hall–Kier alpha value is -1.76. The van der Waals surface area contributed by atoms with Crippen LogP contribution in [0, 0.1) is 36.0 Å². The van der Waals surface area contributed by atoms with Gasteiger partial charge in [-0.1, -0.05) is 62.7 Å². The molecule has 3 aliphatic rings. The van der Waals surface area contributed by atoms with E-state index < -0.39 is 0 Å². The van der Waals surface area contributed by atoms with Gasteiger partial charge in [-0.05, 0) is 103 Å². The van der Waals surface area contributed by atoms with Crippen molar-refractivity contribution in [1.82, 2.24) is 0 Å². The zero-order valence-electron chi connectivity index (χ0n) is 19.2. The Bertz CT molecular complexity index is 886. The maximum Gasteiger partial charge on any atom is 0.119 e. The lowest BCUT2D eigenvalue weighted by Gasteiger charge is -2.55. The molecule has 7 atom stereocenters. The summed E-state index contributed by atoms with van der Waals surface area (Å²) in [6.45, 7) is 10.8. The van der Waals surface area contributed by atoms with Gasteiger partial charge in [0.15, 0.2) is 0 Å². The van der Waals surface area contributed by atoms with E-state index in [2.05, 4.69) is 76.2 Å². The second-order valence-electron chi connectivity index (χ2n) is 10.8. The van der Waals surface area contributed by atoms with Gasteiger partial charge in [0.25, 0.3) is 0 Å². The molecule has 0 aliphatic heterocycles. The SMILES string of the molecule is Cc1ccc2c(c1)C(C)[C@@H](C)C1C2CCC2(C)C1CC[C@@H]2CCOc1ccccc1. The molecule has 0 bridgehead atoms. The maximum absolute atomic E-state index is 6.10. The quantitative estimate of drug-likeness (QED) is 0.508. The largest absolute Gasteiger partial charge is 0.494 e. The van der Waals surface area contributed by atoms with Crippen LogP contribution < -0.4 is 4.74 Å². The van der Waals surface area contributed by atoms with Gasteiger partial charge in [-0.3, -0.25) is 0 Å². The molecule has 0 N–H and O–H groups in total. The fourth-order valence-electron chi connectivity index (χ4n) is 7.75. The van der Waals surface area contributed by atoms with Crippen LogP contribution in [0.15, 0.2) is 48.5 Å². The number of para-hydroxylation sites is 1. The fraction of sp³-hybridized carbons (Fsp3) is 0.586. The summed E-state index contributed by atoms with van der Waals surface area (Å²) in [6.07, 6.45) is 6.79. The average molecular weight is 403 g/mol. The fourth-order valence-corrected chi connectivity index (χ4v) is 7.75. The second kappa shape index (κ2) is 7.74. The molecule has 2 aromatic carbocycles. The van der Waals surface area contributed by atoms with Crippen LogP contribution >= 0.6 is 0 Å². The van der Waals surface area contributed by atoms with Crippen molar-refractivity contribution < 1.29 is 4.74 Å². The Morgan fingerprint density at radius 1 is 0.967 bits per heavy atom. The van der Waals surface area contributed by atoms with Gasteiger partial charge < -0.3 is 4.74 Å². The summed E-state index contributed by atoms with van der Waals surface area (Å²) in [4.78, 5) is 0. The molecule has 2 fully saturated rings. The van der Waals surface area contributed by atoms with E-state index in [4.69, 9.17) is 4.74 Å². The van der Waals surface area contributed by atoms with Crippen LogP contribution in [0.5, 0.6) is 5.75 Å². The van der Waals surface area contributed by atoms with Crippen molar-refractivity contribution in [3.8, 4) is 5.75 Å². The van der Waals surface area contributed by atoms with E-state index in [-0.39, 0.29) is 0 Å². The summed E-state index contributed by atoms with van der Waals surface area (Å²) in [5.41, 5.74) is 5.26.